The van der Waals surface area contributed by atoms with E-state index in [1.54, 1.807) is 0 Å². The molecule has 2 fully saturated rings. The highest BCUT2D eigenvalue weighted by Gasteiger charge is 2.49. The molecule has 2 aliphatic heterocycles. The van der Waals surface area contributed by atoms with Crippen LogP contribution in [0.5, 0.6) is 0 Å². The molecule has 4 rings (SSSR count). The Labute approximate surface area is 162 Å². The molecule has 2 saturated heterocycles. The minimum absolute atomic E-state index is 0.0244. The maximum absolute atomic E-state index is 12.8. The molecule has 0 spiro atoms. The van der Waals surface area contributed by atoms with Crippen molar-refractivity contribution in [1.29, 1.82) is 0 Å². The van der Waals surface area contributed by atoms with Gasteiger partial charge in [0.1, 0.15) is 0 Å². The lowest BCUT2D eigenvalue weighted by Gasteiger charge is -2.42. The van der Waals surface area contributed by atoms with Crippen LogP contribution in [-0.4, -0.2) is 41.2 Å². The molecule has 2 aromatic rings. The molecule has 27 heavy (non-hydrogen) atoms. The standard InChI is InChI=1S/C23H30N2O2/c1-4-25-14-6-7-20(25)17-10-8-16(9-11-17)19-15-18-12-13-21(24(18)3)22(19)23(26)27-5-2/h6-11,14,18-19,21-22H,4-5,12-13,15H2,1-3H3. The van der Waals surface area contributed by atoms with Gasteiger partial charge < -0.3 is 9.30 Å². The molecule has 2 aliphatic rings. The number of rotatable bonds is 5. The lowest BCUT2D eigenvalue weighted by Crippen LogP contribution is -2.49. The Morgan fingerprint density at radius 2 is 1.93 bits per heavy atom. The topological polar surface area (TPSA) is 34.5 Å². The third-order valence-electron chi connectivity index (χ3n) is 6.63. The molecule has 144 valence electrons. The summed E-state index contributed by atoms with van der Waals surface area (Å²) in [5.74, 6) is 0.174. The lowest BCUT2D eigenvalue weighted by atomic mass is 9.76. The van der Waals surface area contributed by atoms with Crippen LogP contribution in [-0.2, 0) is 16.1 Å². The third kappa shape index (κ3) is 3.20. The number of hydrogen-bond donors (Lipinski definition) is 0. The van der Waals surface area contributed by atoms with Crippen molar-refractivity contribution in [3.63, 3.8) is 0 Å². The van der Waals surface area contributed by atoms with E-state index in [0.29, 0.717) is 18.7 Å². The Hall–Kier alpha value is -2.07. The zero-order valence-electron chi connectivity index (χ0n) is 16.6. The Balaban J connectivity index is 1.63. The molecule has 4 atom stereocenters. The summed E-state index contributed by atoms with van der Waals surface area (Å²) in [5.41, 5.74) is 3.75. The molecular formula is C23H30N2O2. The molecule has 4 heteroatoms. The van der Waals surface area contributed by atoms with Gasteiger partial charge in [-0.3, -0.25) is 9.69 Å². The number of carbonyl (C=O) groups is 1. The molecule has 0 radical (unpaired) electrons. The first kappa shape index (κ1) is 18.3. The summed E-state index contributed by atoms with van der Waals surface area (Å²) in [4.78, 5) is 15.2. The van der Waals surface area contributed by atoms with Crippen LogP contribution in [0, 0.1) is 5.92 Å². The zero-order valence-corrected chi connectivity index (χ0v) is 16.6. The monoisotopic (exact) mass is 366 g/mol. The molecule has 1 aromatic carbocycles. The number of esters is 1. The first-order chi connectivity index (χ1) is 13.1. The Kier molecular flexibility index (Phi) is 5.09. The number of aromatic nitrogens is 1. The van der Waals surface area contributed by atoms with Crippen molar-refractivity contribution < 1.29 is 9.53 Å². The highest BCUT2D eigenvalue weighted by molar-refractivity contribution is 5.75. The fraction of sp³-hybridized carbons (Fsp3) is 0.522. The Bertz CT molecular complexity index is 795. The fourth-order valence-electron chi connectivity index (χ4n) is 5.22. The number of piperidine rings is 1. The third-order valence-corrected chi connectivity index (χ3v) is 6.63. The first-order valence-corrected chi connectivity index (χ1v) is 10.3. The van der Waals surface area contributed by atoms with Gasteiger partial charge in [-0.05, 0) is 63.4 Å². The second-order valence-corrected chi connectivity index (χ2v) is 7.89. The van der Waals surface area contributed by atoms with Crippen LogP contribution in [0.25, 0.3) is 11.3 Å². The lowest BCUT2D eigenvalue weighted by molar-refractivity contribution is -0.152. The summed E-state index contributed by atoms with van der Waals surface area (Å²) in [6, 6.07) is 14.0. The van der Waals surface area contributed by atoms with Crippen LogP contribution in [0.3, 0.4) is 0 Å². The molecule has 4 unspecified atom stereocenters. The maximum Gasteiger partial charge on any atom is 0.311 e. The van der Waals surface area contributed by atoms with Crippen molar-refractivity contribution in [2.45, 2.75) is 57.7 Å². The summed E-state index contributed by atoms with van der Waals surface area (Å²) < 4.78 is 7.73. The number of ether oxygens (including phenoxy) is 1. The number of nitrogens with zero attached hydrogens (tertiary/aromatic N) is 2. The van der Waals surface area contributed by atoms with Crippen LogP contribution in [0.15, 0.2) is 42.6 Å². The van der Waals surface area contributed by atoms with E-state index < -0.39 is 0 Å². The fourth-order valence-corrected chi connectivity index (χ4v) is 5.22. The van der Waals surface area contributed by atoms with Gasteiger partial charge in [0.2, 0.25) is 0 Å². The zero-order chi connectivity index (χ0) is 19.0. The smallest absolute Gasteiger partial charge is 0.311 e. The second-order valence-electron chi connectivity index (χ2n) is 7.89. The van der Waals surface area contributed by atoms with Gasteiger partial charge in [0.05, 0.1) is 12.5 Å². The average Bonchev–Trinajstić information content (AvgIpc) is 3.23. The van der Waals surface area contributed by atoms with Crippen molar-refractivity contribution in [2.24, 2.45) is 5.92 Å². The molecule has 4 nitrogen and oxygen atoms in total. The normalized spacial score (nSPS) is 27.7. The summed E-state index contributed by atoms with van der Waals surface area (Å²) in [7, 11) is 2.17. The van der Waals surface area contributed by atoms with E-state index in [1.165, 1.54) is 23.2 Å². The number of aryl methyl sites for hydroxylation is 1. The summed E-state index contributed by atoms with van der Waals surface area (Å²) in [6.07, 6.45) is 5.45. The van der Waals surface area contributed by atoms with Crippen LogP contribution >= 0.6 is 0 Å². The van der Waals surface area contributed by atoms with Gasteiger partial charge in [0.25, 0.3) is 0 Å². The van der Waals surface area contributed by atoms with E-state index in [0.717, 1.165) is 19.4 Å². The molecule has 0 amide bonds. The van der Waals surface area contributed by atoms with Gasteiger partial charge in [0, 0.05) is 36.4 Å². The minimum Gasteiger partial charge on any atom is -0.466 e. The van der Waals surface area contributed by atoms with E-state index in [4.69, 9.17) is 4.74 Å². The number of hydrogen-bond acceptors (Lipinski definition) is 3. The summed E-state index contributed by atoms with van der Waals surface area (Å²) in [6.45, 7) is 5.48. The Morgan fingerprint density at radius 3 is 2.63 bits per heavy atom. The van der Waals surface area contributed by atoms with Crippen LogP contribution in [0.2, 0.25) is 0 Å². The van der Waals surface area contributed by atoms with Crippen molar-refractivity contribution in [1.82, 2.24) is 9.47 Å². The predicted octanol–water partition coefficient (Wildman–Crippen LogP) is 4.30. The number of carbonyl (C=O) groups excluding carboxylic acids is 1. The van der Waals surface area contributed by atoms with Gasteiger partial charge in [-0.15, -0.1) is 0 Å². The van der Waals surface area contributed by atoms with Crippen molar-refractivity contribution >= 4 is 5.97 Å². The van der Waals surface area contributed by atoms with Crippen molar-refractivity contribution in [3.05, 3.63) is 48.2 Å². The van der Waals surface area contributed by atoms with Crippen molar-refractivity contribution in [3.8, 4) is 11.3 Å². The van der Waals surface area contributed by atoms with Gasteiger partial charge in [-0.2, -0.15) is 0 Å². The summed E-state index contributed by atoms with van der Waals surface area (Å²) in [5, 5.41) is 0. The predicted molar refractivity (Wildman–Crippen MR) is 108 cm³/mol. The summed E-state index contributed by atoms with van der Waals surface area (Å²) >= 11 is 0. The average molecular weight is 367 g/mol. The van der Waals surface area contributed by atoms with E-state index in [2.05, 4.69) is 66.0 Å². The van der Waals surface area contributed by atoms with E-state index >= 15 is 0 Å². The first-order valence-electron chi connectivity index (χ1n) is 10.3. The van der Waals surface area contributed by atoms with Gasteiger partial charge in [0.15, 0.2) is 0 Å². The van der Waals surface area contributed by atoms with Crippen LogP contribution < -0.4 is 0 Å². The Morgan fingerprint density at radius 1 is 1.15 bits per heavy atom. The van der Waals surface area contributed by atoms with Gasteiger partial charge in [-0.25, -0.2) is 0 Å². The molecule has 0 aliphatic carbocycles. The highest BCUT2D eigenvalue weighted by atomic mass is 16.5. The molecule has 2 bridgehead atoms. The quantitative estimate of drug-likeness (QED) is 0.740. The maximum atomic E-state index is 12.8. The number of fused-ring (bicyclic) bond motifs is 2. The molecule has 0 N–H and O–H groups in total. The van der Waals surface area contributed by atoms with E-state index in [1.807, 2.05) is 6.92 Å². The van der Waals surface area contributed by atoms with Crippen LogP contribution in [0.4, 0.5) is 0 Å². The SMILES string of the molecule is CCOC(=O)C1C(c2ccc(-c3cccn3CC)cc2)CC2CCC1N2C. The van der Waals surface area contributed by atoms with Crippen molar-refractivity contribution in [2.75, 3.05) is 13.7 Å². The highest BCUT2D eigenvalue weighted by Crippen LogP contribution is 2.46. The van der Waals surface area contributed by atoms with E-state index in [-0.39, 0.29) is 17.8 Å². The molecular weight excluding hydrogens is 336 g/mol. The molecule has 3 heterocycles. The minimum atomic E-state index is -0.0564. The molecule has 0 saturated carbocycles. The second kappa shape index (κ2) is 7.51. The largest absolute Gasteiger partial charge is 0.466 e. The number of benzene rings is 1. The van der Waals surface area contributed by atoms with E-state index in [9.17, 15) is 4.79 Å². The molecule has 1 aromatic heterocycles. The van der Waals surface area contributed by atoms with Gasteiger partial charge >= 0.3 is 5.97 Å². The van der Waals surface area contributed by atoms with Gasteiger partial charge in [-0.1, -0.05) is 24.3 Å². The van der Waals surface area contributed by atoms with Crippen LogP contribution in [0.1, 0.15) is 44.6 Å².